The lowest BCUT2D eigenvalue weighted by atomic mass is 9.65. The molecule has 0 saturated heterocycles. The van der Waals surface area contributed by atoms with E-state index >= 15 is 0 Å². The molecule has 1 aliphatic carbocycles. The van der Waals surface area contributed by atoms with Crippen LogP contribution in [0, 0.1) is 19.3 Å². The molecule has 0 spiro atoms. The van der Waals surface area contributed by atoms with Crippen molar-refractivity contribution < 1.29 is 19.1 Å². The predicted molar refractivity (Wildman–Crippen MR) is 83.6 cm³/mol. The lowest BCUT2D eigenvalue weighted by molar-refractivity contribution is -0.170. The van der Waals surface area contributed by atoms with Crippen LogP contribution in [0.5, 0.6) is 0 Å². The Bertz CT molecular complexity index is 614. The van der Waals surface area contributed by atoms with Gasteiger partial charge in [-0.1, -0.05) is 23.8 Å². The maximum Gasteiger partial charge on any atom is 0.323 e. The minimum absolute atomic E-state index is 0.0810. The Balaban J connectivity index is 2.65. The molecule has 0 fully saturated rings. The van der Waals surface area contributed by atoms with E-state index in [1.165, 1.54) is 14.2 Å². The van der Waals surface area contributed by atoms with Crippen molar-refractivity contribution in [3.8, 4) is 0 Å². The summed E-state index contributed by atoms with van der Waals surface area (Å²) in [5.41, 5.74) is 3.11. The van der Waals surface area contributed by atoms with Gasteiger partial charge in [0, 0.05) is 5.92 Å². The van der Waals surface area contributed by atoms with Crippen molar-refractivity contribution in [3.05, 3.63) is 47.0 Å². The standard InChI is InChI=1S/C18H22O4/c1-6-13-9-18(16(19)21-4,17(20)22-5)10-14-8-11(2)7-12(3)15(13)14/h6-8,13H,1,9-10H2,2-5H3. The number of ether oxygens (including phenoxy) is 2. The molecular weight excluding hydrogens is 280 g/mol. The second kappa shape index (κ2) is 5.95. The van der Waals surface area contributed by atoms with Crippen LogP contribution in [0.3, 0.4) is 0 Å². The summed E-state index contributed by atoms with van der Waals surface area (Å²) in [7, 11) is 2.60. The van der Waals surface area contributed by atoms with Crippen molar-refractivity contribution in [2.24, 2.45) is 5.41 Å². The molecule has 22 heavy (non-hydrogen) atoms. The minimum Gasteiger partial charge on any atom is -0.468 e. The molecule has 0 bridgehead atoms. The van der Waals surface area contributed by atoms with Gasteiger partial charge in [-0.05, 0) is 43.4 Å². The first kappa shape index (κ1) is 16.3. The summed E-state index contributed by atoms with van der Waals surface area (Å²) >= 11 is 0. The maximum absolute atomic E-state index is 12.4. The third-order valence-electron chi connectivity index (χ3n) is 4.49. The van der Waals surface area contributed by atoms with Gasteiger partial charge in [0.15, 0.2) is 5.41 Å². The van der Waals surface area contributed by atoms with Crippen molar-refractivity contribution >= 4 is 11.9 Å². The summed E-state index contributed by atoms with van der Waals surface area (Å²) < 4.78 is 9.82. The predicted octanol–water partition coefficient (Wildman–Crippen LogP) is 2.85. The maximum atomic E-state index is 12.4. The lowest BCUT2D eigenvalue weighted by Crippen LogP contribution is -2.46. The highest BCUT2D eigenvalue weighted by molar-refractivity contribution is 6.01. The molecular formula is C18H22O4. The Morgan fingerprint density at radius 1 is 1.23 bits per heavy atom. The molecule has 1 atom stereocenters. The van der Waals surface area contributed by atoms with Crippen LogP contribution >= 0.6 is 0 Å². The summed E-state index contributed by atoms with van der Waals surface area (Å²) in [5.74, 6) is -1.17. The molecule has 1 unspecified atom stereocenters. The van der Waals surface area contributed by atoms with E-state index in [0.717, 1.165) is 22.3 Å². The van der Waals surface area contributed by atoms with Crippen LogP contribution < -0.4 is 0 Å². The zero-order valence-electron chi connectivity index (χ0n) is 13.6. The third kappa shape index (κ3) is 2.43. The summed E-state index contributed by atoms with van der Waals surface area (Å²) in [6.45, 7) is 7.93. The Labute approximate surface area is 131 Å². The number of hydrogen-bond acceptors (Lipinski definition) is 4. The van der Waals surface area contributed by atoms with E-state index in [2.05, 4.69) is 12.6 Å². The Hall–Kier alpha value is -2.10. The topological polar surface area (TPSA) is 52.6 Å². The third-order valence-corrected chi connectivity index (χ3v) is 4.49. The van der Waals surface area contributed by atoms with Crippen LogP contribution in [0.4, 0.5) is 0 Å². The highest BCUT2D eigenvalue weighted by atomic mass is 16.5. The summed E-state index contributed by atoms with van der Waals surface area (Å²) in [4.78, 5) is 24.7. The molecule has 0 radical (unpaired) electrons. The molecule has 1 aromatic rings. The lowest BCUT2D eigenvalue weighted by Gasteiger charge is -2.37. The van der Waals surface area contributed by atoms with Gasteiger partial charge in [-0.15, -0.1) is 6.58 Å². The molecule has 118 valence electrons. The molecule has 4 heteroatoms. The normalized spacial score (nSPS) is 19.0. The van der Waals surface area contributed by atoms with Crippen LogP contribution in [-0.2, 0) is 25.5 Å². The Morgan fingerprint density at radius 2 is 1.82 bits per heavy atom. The highest BCUT2D eigenvalue weighted by Gasteiger charge is 2.52. The number of rotatable bonds is 3. The van der Waals surface area contributed by atoms with Crippen LogP contribution in [0.2, 0.25) is 0 Å². The van der Waals surface area contributed by atoms with E-state index in [0.29, 0.717) is 12.8 Å². The first-order chi connectivity index (χ1) is 10.4. The molecule has 0 amide bonds. The van der Waals surface area contributed by atoms with Gasteiger partial charge < -0.3 is 9.47 Å². The van der Waals surface area contributed by atoms with E-state index in [1.807, 2.05) is 19.9 Å². The number of methoxy groups -OCH3 is 2. The molecule has 1 aliphatic rings. The SMILES string of the molecule is C=CC1CC(C(=O)OC)(C(=O)OC)Cc2cc(C)cc(C)c21. The largest absolute Gasteiger partial charge is 0.468 e. The second-order valence-corrected chi connectivity index (χ2v) is 5.94. The van der Waals surface area contributed by atoms with Crippen LogP contribution in [0.15, 0.2) is 24.8 Å². The second-order valence-electron chi connectivity index (χ2n) is 5.94. The number of benzene rings is 1. The van der Waals surface area contributed by atoms with E-state index in [9.17, 15) is 9.59 Å². The first-order valence-electron chi connectivity index (χ1n) is 7.29. The molecule has 0 aliphatic heterocycles. The average Bonchev–Trinajstić information content (AvgIpc) is 2.51. The van der Waals surface area contributed by atoms with Gasteiger partial charge in [0.2, 0.25) is 0 Å². The van der Waals surface area contributed by atoms with Crippen LogP contribution in [0.25, 0.3) is 0 Å². The fourth-order valence-corrected chi connectivity index (χ4v) is 3.60. The Kier molecular flexibility index (Phi) is 4.40. The number of hydrogen-bond donors (Lipinski definition) is 0. The van der Waals surface area contributed by atoms with Crippen molar-refractivity contribution in [2.75, 3.05) is 14.2 Å². The van der Waals surface area contributed by atoms with Gasteiger partial charge >= 0.3 is 11.9 Å². The summed E-state index contributed by atoms with van der Waals surface area (Å²) in [6.07, 6.45) is 2.42. The molecule has 2 rings (SSSR count). The number of esters is 2. The fraction of sp³-hybridized carbons (Fsp3) is 0.444. The molecule has 1 aromatic carbocycles. The summed E-state index contributed by atoms with van der Waals surface area (Å²) in [5, 5.41) is 0. The smallest absolute Gasteiger partial charge is 0.323 e. The number of aryl methyl sites for hydroxylation is 2. The minimum atomic E-state index is -1.30. The molecule has 0 N–H and O–H groups in total. The first-order valence-corrected chi connectivity index (χ1v) is 7.29. The fourth-order valence-electron chi connectivity index (χ4n) is 3.60. The van der Waals surface area contributed by atoms with E-state index < -0.39 is 17.4 Å². The van der Waals surface area contributed by atoms with Gasteiger partial charge in [0.1, 0.15) is 0 Å². The number of allylic oxidation sites excluding steroid dienone is 1. The van der Waals surface area contributed by atoms with E-state index in [1.54, 1.807) is 6.08 Å². The number of carbonyl (C=O) groups excluding carboxylic acids is 2. The van der Waals surface area contributed by atoms with E-state index in [4.69, 9.17) is 9.47 Å². The van der Waals surface area contributed by atoms with Gasteiger partial charge in [-0.25, -0.2) is 0 Å². The number of fused-ring (bicyclic) bond motifs is 1. The van der Waals surface area contributed by atoms with Gasteiger partial charge in [-0.3, -0.25) is 9.59 Å². The van der Waals surface area contributed by atoms with Gasteiger partial charge in [0.25, 0.3) is 0 Å². The average molecular weight is 302 g/mol. The summed E-state index contributed by atoms with van der Waals surface area (Å²) in [6, 6.07) is 4.14. The van der Waals surface area contributed by atoms with Gasteiger partial charge in [0.05, 0.1) is 14.2 Å². The quantitative estimate of drug-likeness (QED) is 0.489. The Morgan fingerprint density at radius 3 is 2.32 bits per heavy atom. The van der Waals surface area contributed by atoms with Crippen LogP contribution in [-0.4, -0.2) is 26.2 Å². The van der Waals surface area contributed by atoms with Crippen molar-refractivity contribution in [2.45, 2.75) is 32.6 Å². The molecule has 0 heterocycles. The van der Waals surface area contributed by atoms with E-state index in [-0.39, 0.29) is 5.92 Å². The van der Waals surface area contributed by atoms with Crippen molar-refractivity contribution in [1.82, 2.24) is 0 Å². The highest BCUT2D eigenvalue weighted by Crippen LogP contribution is 2.46. The zero-order valence-corrected chi connectivity index (χ0v) is 13.6. The molecule has 0 saturated carbocycles. The van der Waals surface area contributed by atoms with Crippen LogP contribution in [0.1, 0.15) is 34.6 Å². The van der Waals surface area contributed by atoms with Crippen molar-refractivity contribution in [3.63, 3.8) is 0 Å². The zero-order chi connectivity index (χ0) is 16.5. The molecule has 0 aromatic heterocycles. The molecule has 4 nitrogen and oxygen atoms in total. The number of carbonyl (C=O) groups is 2. The monoisotopic (exact) mass is 302 g/mol. The van der Waals surface area contributed by atoms with Crippen molar-refractivity contribution in [1.29, 1.82) is 0 Å². The van der Waals surface area contributed by atoms with Gasteiger partial charge in [-0.2, -0.15) is 0 Å².